The average molecular weight is 220 g/mol. The average Bonchev–Trinajstić information content (AvgIpc) is 2.58. The van der Waals surface area contributed by atoms with Gasteiger partial charge in [0.2, 0.25) is 0 Å². The second-order valence-electron chi connectivity index (χ2n) is 3.75. The number of benzene rings is 1. The molecule has 1 heterocycles. The number of nitrogens with zero attached hydrogens (tertiary/aromatic N) is 1. The second kappa shape index (κ2) is 3.96. The third-order valence-corrected chi connectivity index (χ3v) is 2.48. The summed E-state index contributed by atoms with van der Waals surface area (Å²) in [6.07, 6.45) is 0.709. The molecule has 84 valence electrons. The minimum absolute atomic E-state index is 0.285. The highest BCUT2D eigenvalue weighted by Gasteiger charge is 2.14. The second-order valence-corrected chi connectivity index (χ2v) is 3.75. The number of halogens is 1. The third-order valence-electron chi connectivity index (χ3n) is 2.48. The van der Waals surface area contributed by atoms with Gasteiger partial charge < -0.3 is 10.3 Å². The molecule has 0 aliphatic heterocycles. The fourth-order valence-corrected chi connectivity index (χ4v) is 1.76. The van der Waals surface area contributed by atoms with Gasteiger partial charge >= 0.3 is 0 Å². The first kappa shape index (κ1) is 10.7. The third kappa shape index (κ3) is 1.78. The molecule has 0 atom stereocenters. The zero-order chi connectivity index (χ0) is 11.7. The van der Waals surface area contributed by atoms with Gasteiger partial charge in [-0.1, -0.05) is 12.1 Å². The molecule has 0 fully saturated rings. The predicted molar refractivity (Wildman–Crippen MR) is 60.4 cm³/mol. The van der Waals surface area contributed by atoms with Crippen molar-refractivity contribution in [2.24, 2.45) is 0 Å². The molecule has 0 bridgehead atoms. The van der Waals surface area contributed by atoms with Crippen LogP contribution in [0.5, 0.6) is 0 Å². The molecule has 0 aliphatic carbocycles. The molecule has 0 aliphatic rings. The van der Waals surface area contributed by atoms with Crippen LogP contribution in [0.4, 0.5) is 10.2 Å². The van der Waals surface area contributed by atoms with Gasteiger partial charge in [0, 0.05) is 11.1 Å². The highest BCUT2D eigenvalue weighted by atomic mass is 19.1. The van der Waals surface area contributed by atoms with Crippen molar-refractivity contribution in [3.8, 4) is 11.3 Å². The van der Waals surface area contributed by atoms with Crippen LogP contribution in [0.15, 0.2) is 22.7 Å². The highest BCUT2D eigenvalue weighted by Crippen LogP contribution is 2.29. The van der Waals surface area contributed by atoms with Gasteiger partial charge in [0.25, 0.3) is 0 Å². The molecule has 0 spiro atoms. The lowest BCUT2D eigenvalue weighted by atomic mass is 10.0. The van der Waals surface area contributed by atoms with E-state index in [-0.39, 0.29) is 5.82 Å². The van der Waals surface area contributed by atoms with Crippen LogP contribution >= 0.6 is 0 Å². The molecule has 0 amide bonds. The van der Waals surface area contributed by atoms with Gasteiger partial charge in [-0.05, 0) is 37.1 Å². The Morgan fingerprint density at radius 3 is 2.75 bits per heavy atom. The van der Waals surface area contributed by atoms with Crippen molar-refractivity contribution in [3.05, 3.63) is 35.1 Å². The summed E-state index contributed by atoms with van der Waals surface area (Å²) in [5, 5.41) is 3.70. The Morgan fingerprint density at radius 2 is 2.12 bits per heavy atom. The number of hydrogen-bond donors (Lipinski definition) is 1. The van der Waals surface area contributed by atoms with E-state index in [9.17, 15) is 4.39 Å². The van der Waals surface area contributed by atoms with Crippen LogP contribution in [0.3, 0.4) is 0 Å². The number of anilines is 1. The van der Waals surface area contributed by atoms with Gasteiger partial charge in [0.1, 0.15) is 5.82 Å². The van der Waals surface area contributed by atoms with Crippen LogP contribution in [0.1, 0.15) is 18.1 Å². The Bertz CT molecular complexity index is 499. The van der Waals surface area contributed by atoms with Crippen molar-refractivity contribution in [1.29, 1.82) is 0 Å². The zero-order valence-electron chi connectivity index (χ0n) is 9.25. The molecule has 2 N–H and O–H groups in total. The number of aryl methyl sites for hydroxylation is 1. The van der Waals surface area contributed by atoms with Crippen LogP contribution in [-0.4, -0.2) is 5.16 Å². The number of aromatic nitrogens is 1. The van der Waals surface area contributed by atoms with E-state index in [1.807, 2.05) is 19.9 Å². The van der Waals surface area contributed by atoms with Crippen LogP contribution in [0, 0.1) is 12.7 Å². The zero-order valence-corrected chi connectivity index (χ0v) is 9.25. The van der Waals surface area contributed by atoms with E-state index < -0.39 is 0 Å². The summed E-state index contributed by atoms with van der Waals surface area (Å²) < 4.78 is 18.4. The number of hydrogen-bond acceptors (Lipinski definition) is 3. The largest absolute Gasteiger partial charge is 0.381 e. The summed E-state index contributed by atoms with van der Waals surface area (Å²) in [6, 6.07) is 4.74. The quantitative estimate of drug-likeness (QED) is 0.846. The van der Waals surface area contributed by atoms with Crippen molar-refractivity contribution in [2.45, 2.75) is 20.3 Å². The monoisotopic (exact) mass is 220 g/mol. The molecule has 1 aromatic carbocycles. The fraction of sp³-hybridized carbons (Fsp3) is 0.250. The van der Waals surface area contributed by atoms with Crippen molar-refractivity contribution in [1.82, 2.24) is 5.16 Å². The van der Waals surface area contributed by atoms with Crippen molar-refractivity contribution < 1.29 is 8.91 Å². The lowest BCUT2D eigenvalue weighted by Gasteiger charge is -2.01. The Labute approximate surface area is 93.1 Å². The summed E-state index contributed by atoms with van der Waals surface area (Å²) >= 11 is 0. The lowest BCUT2D eigenvalue weighted by molar-refractivity contribution is 0.434. The van der Waals surface area contributed by atoms with E-state index in [4.69, 9.17) is 10.3 Å². The minimum atomic E-state index is -0.285. The van der Waals surface area contributed by atoms with Gasteiger partial charge in [-0.15, -0.1) is 0 Å². The molecule has 4 heteroatoms. The summed E-state index contributed by atoms with van der Waals surface area (Å²) in [5.41, 5.74) is 8.01. The molecule has 1 aromatic heterocycles. The van der Waals surface area contributed by atoms with E-state index in [0.717, 1.165) is 11.1 Å². The smallest absolute Gasteiger partial charge is 0.172 e. The van der Waals surface area contributed by atoms with Crippen LogP contribution in [-0.2, 0) is 6.42 Å². The molecule has 0 unspecified atom stereocenters. The van der Waals surface area contributed by atoms with Crippen molar-refractivity contribution >= 4 is 5.82 Å². The standard InChI is InChI=1S/C12H13FN2O/c1-3-10-11(16-15-12(10)14)8-4-7(2)5-9(13)6-8/h4-6H,3H2,1-2H3,(H2,14,15). The van der Waals surface area contributed by atoms with Crippen molar-refractivity contribution in [3.63, 3.8) is 0 Å². The van der Waals surface area contributed by atoms with Gasteiger partial charge in [-0.2, -0.15) is 0 Å². The molecule has 2 aromatic rings. The number of nitrogens with two attached hydrogens (primary N) is 1. The first-order valence-corrected chi connectivity index (χ1v) is 5.13. The molecule has 2 rings (SSSR count). The SMILES string of the molecule is CCc1c(N)noc1-c1cc(C)cc(F)c1. The maximum absolute atomic E-state index is 13.3. The van der Waals surface area contributed by atoms with E-state index >= 15 is 0 Å². The maximum Gasteiger partial charge on any atom is 0.172 e. The fourth-order valence-electron chi connectivity index (χ4n) is 1.76. The molecular formula is C12H13FN2O. The number of nitrogen functional groups attached to an aromatic ring is 1. The first-order chi connectivity index (χ1) is 7.61. The molecule has 16 heavy (non-hydrogen) atoms. The van der Waals surface area contributed by atoms with Crippen molar-refractivity contribution in [2.75, 3.05) is 5.73 Å². The number of rotatable bonds is 2. The molecular weight excluding hydrogens is 207 g/mol. The van der Waals surface area contributed by atoms with E-state index in [1.54, 1.807) is 0 Å². The van der Waals surface area contributed by atoms with Gasteiger partial charge in [0.05, 0.1) is 0 Å². The Hall–Kier alpha value is -1.84. The van der Waals surface area contributed by atoms with Crippen LogP contribution in [0.2, 0.25) is 0 Å². The summed E-state index contributed by atoms with van der Waals surface area (Å²) in [4.78, 5) is 0. The highest BCUT2D eigenvalue weighted by molar-refractivity contribution is 5.66. The Morgan fingerprint density at radius 1 is 1.38 bits per heavy atom. The summed E-state index contributed by atoms with van der Waals surface area (Å²) in [7, 11) is 0. The topological polar surface area (TPSA) is 52.0 Å². The van der Waals surface area contributed by atoms with E-state index in [0.29, 0.717) is 23.6 Å². The molecule has 0 radical (unpaired) electrons. The minimum Gasteiger partial charge on any atom is -0.381 e. The van der Waals surface area contributed by atoms with Crippen LogP contribution in [0.25, 0.3) is 11.3 Å². The predicted octanol–water partition coefficient (Wildman–Crippen LogP) is 2.93. The first-order valence-electron chi connectivity index (χ1n) is 5.13. The van der Waals surface area contributed by atoms with Gasteiger partial charge in [0.15, 0.2) is 11.6 Å². The molecule has 0 saturated carbocycles. The molecule has 0 saturated heterocycles. The van der Waals surface area contributed by atoms with Crippen LogP contribution < -0.4 is 5.73 Å². The molecule has 3 nitrogen and oxygen atoms in total. The normalized spacial score (nSPS) is 10.7. The lowest BCUT2D eigenvalue weighted by Crippen LogP contribution is -1.91. The van der Waals surface area contributed by atoms with Gasteiger partial charge in [-0.3, -0.25) is 0 Å². The van der Waals surface area contributed by atoms with E-state index in [2.05, 4.69) is 5.16 Å². The maximum atomic E-state index is 13.3. The Balaban J connectivity index is 2.58. The van der Waals surface area contributed by atoms with Gasteiger partial charge in [-0.25, -0.2) is 4.39 Å². The Kier molecular flexibility index (Phi) is 2.64. The van der Waals surface area contributed by atoms with E-state index in [1.165, 1.54) is 12.1 Å². The summed E-state index contributed by atoms with van der Waals surface area (Å²) in [5.74, 6) is 0.647. The summed E-state index contributed by atoms with van der Waals surface area (Å²) in [6.45, 7) is 3.79.